The van der Waals surface area contributed by atoms with Crippen molar-refractivity contribution < 1.29 is 19.1 Å². The Morgan fingerprint density at radius 3 is 2.46 bits per heavy atom. The van der Waals surface area contributed by atoms with Crippen molar-refractivity contribution in [3.8, 4) is 11.4 Å². The molecule has 2 aromatic carbocycles. The van der Waals surface area contributed by atoms with Gasteiger partial charge in [-0.2, -0.15) is 9.78 Å². The van der Waals surface area contributed by atoms with Crippen LogP contribution in [0.5, 0.6) is 5.75 Å². The van der Waals surface area contributed by atoms with Gasteiger partial charge in [-0.05, 0) is 50.1 Å². The Morgan fingerprint density at radius 2 is 1.77 bits per heavy atom. The number of rotatable bonds is 9. The highest BCUT2D eigenvalue weighted by atomic mass is 32.1. The van der Waals surface area contributed by atoms with Gasteiger partial charge in [0.25, 0.3) is 5.56 Å². The quantitative estimate of drug-likeness (QED) is 0.344. The lowest BCUT2D eigenvalue weighted by molar-refractivity contribution is -0.116. The number of amides is 1. The largest absolute Gasteiger partial charge is 0.494 e. The van der Waals surface area contributed by atoms with Gasteiger partial charge in [0.1, 0.15) is 10.8 Å². The number of hydrogen-bond acceptors (Lipinski definition) is 7. The number of aromatic nitrogens is 2. The average molecular weight is 492 g/mol. The predicted molar refractivity (Wildman–Crippen MR) is 136 cm³/mol. The molecule has 0 radical (unpaired) electrons. The van der Waals surface area contributed by atoms with Crippen molar-refractivity contribution in [2.45, 2.75) is 26.7 Å². The molecular formula is C26H25N3O5S. The Labute approximate surface area is 206 Å². The molecule has 180 valence electrons. The van der Waals surface area contributed by atoms with E-state index in [1.165, 1.54) is 11.3 Å². The molecule has 1 amide bonds. The zero-order chi connectivity index (χ0) is 24.8. The highest BCUT2D eigenvalue weighted by Gasteiger charge is 2.23. The molecule has 0 aliphatic heterocycles. The van der Waals surface area contributed by atoms with E-state index in [1.54, 1.807) is 36.6 Å². The Kier molecular flexibility index (Phi) is 7.57. The number of ether oxygens (including phenoxy) is 2. The van der Waals surface area contributed by atoms with Crippen LogP contribution in [-0.4, -0.2) is 34.9 Å². The van der Waals surface area contributed by atoms with Crippen LogP contribution in [0.1, 0.15) is 36.3 Å². The van der Waals surface area contributed by atoms with E-state index in [-0.39, 0.29) is 30.0 Å². The van der Waals surface area contributed by atoms with Gasteiger partial charge in [0.2, 0.25) is 5.91 Å². The van der Waals surface area contributed by atoms with Gasteiger partial charge in [-0.3, -0.25) is 9.59 Å². The molecule has 0 spiro atoms. The molecular weight excluding hydrogens is 466 g/mol. The zero-order valence-corrected chi connectivity index (χ0v) is 20.3. The lowest BCUT2D eigenvalue weighted by Gasteiger charge is -2.11. The molecule has 9 heteroatoms. The summed E-state index contributed by atoms with van der Waals surface area (Å²) in [6, 6.07) is 16.5. The molecule has 0 aliphatic rings. The smallest absolute Gasteiger partial charge is 0.359 e. The minimum atomic E-state index is -0.642. The maximum absolute atomic E-state index is 13.5. The number of nitrogens with zero attached hydrogens (tertiary/aromatic N) is 2. The summed E-state index contributed by atoms with van der Waals surface area (Å²) in [4.78, 5) is 38.8. The van der Waals surface area contributed by atoms with E-state index in [0.29, 0.717) is 34.9 Å². The first-order chi connectivity index (χ1) is 17.0. The molecule has 0 bridgehead atoms. The third-order valence-corrected chi connectivity index (χ3v) is 6.15. The average Bonchev–Trinajstić information content (AvgIpc) is 3.28. The summed E-state index contributed by atoms with van der Waals surface area (Å²) in [6.07, 6.45) is 0.828. The molecule has 0 fully saturated rings. The first-order valence-electron chi connectivity index (χ1n) is 11.3. The van der Waals surface area contributed by atoms with Crippen molar-refractivity contribution in [2.24, 2.45) is 0 Å². The summed E-state index contributed by atoms with van der Waals surface area (Å²) in [5.74, 6) is -0.214. The number of nitrogens with one attached hydrogen (secondary N) is 1. The molecule has 2 aromatic heterocycles. The van der Waals surface area contributed by atoms with Gasteiger partial charge in [0.05, 0.1) is 24.3 Å². The van der Waals surface area contributed by atoms with E-state index in [4.69, 9.17) is 9.47 Å². The van der Waals surface area contributed by atoms with Crippen LogP contribution in [-0.2, 0) is 16.0 Å². The van der Waals surface area contributed by atoms with Crippen molar-refractivity contribution in [3.05, 3.63) is 81.6 Å². The minimum Gasteiger partial charge on any atom is -0.494 e. The Bertz CT molecular complexity index is 1390. The van der Waals surface area contributed by atoms with E-state index >= 15 is 0 Å². The Hall–Kier alpha value is -3.98. The second-order valence-electron chi connectivity index (χ2n) is 7.60. The van der Waals surface area contributed by atoms with Crippen LogP contribution < -0.4 is 15.6 Å². The maximum atomic E-state index is 13.5. The molecule has 0 atom stereocenters. The van der Waals surface area contributed by atoms with Crippen LogP contribution in [0.2, 0.25) is 0 Å². The molecule has 4 rings (SSSR count). The van der Waals surface area contributed by atoms with Gasteiger partial charge in [0.15, 0.2) is 5.69 Å². The highest BCUT2D eigenvalue weighted by molar-refractivity contribution is 7.16. The maximum Gasteiger partial charge on any atom is 0.359 e. The number of anilines is 1. The van der Waals surface area contributed by atoms with Crippen molar-refractivity contribution >= 4 is 39.0 Å². The standard InChI is InChI=1S/C26H25N3O5S/c1-3-33-19-13-11-18(12-14-19)29-25(31)22-20(23(28-29)26(32)34-4-2)16-35-24(22)27-21(30)15-10-17-8-6-5-7-9-17/h5-9,11-14,16H,3-4,10,15H2,1-2H3,(H,27,30). The summed E-state index contributed by atoms with van der Waals surface area (Å²) < 4.78 is 11.8. The summed E-state index contributed by atoms with van der Waals surface area (Å²) in [7, 11) is 0. The van der Waals surface area contributed by atoms with Gasteiger partial charge in [-0.25, -0.2) is 4.79 Å². The van der Waals surface area contributed by atoms with Crippen molar-refractivity contribution in [2.75, 3.05) is 18.5 Å². The molecule has 35 heavy (non-hydrogen) atoms. The fourth-order valence-electron chi connectivity index (χ4n) is 3.61. The number of hydrogen-bond donors (Lipinski definition) is 1. The number of thiophene rings is 1. The Morgan fingerprint density at radius 1 is 1.03 bits per heavy atom. The summed E-state index contributed by atoms with van der Waals surface area (Å²) in [5.41, 5.74) is 1.07. The molecule has 4 aromatic rings. The first kappa shape index (κ1) is 24.2. The fourth-order valence-corrected chi connectivity index (χ4v) is 4.56. The molecule has 8 nitrogen and oxygen atoms in total. The SMILES string of the molecule is CCOC(=O)c1nn(-c2ccc(OCC)cc2)c(=O)c2c(NC(=O)CCc3ccccc3)scc12. The van der Waals surface area contributed by atoms with Crippen LogP contribution in [0.25, 0.3) is 16.5 Å². The fraction of sp³-hybridized carbons (Fsp3) is 0.231. The molecule has 0 unspecified atom stereocenters. The third kappa shape index (κ3) is 5.41. The van der Waals surface area contributed by atoms with Gasteiger partial charge in [0, 0.05) is 17.2 Å². The van der Waals surface area contributed by atoms with Gasteiger partial charge in [-0.15, -0.1) is 11.3 Å². The summed E-state index contributed by atoms with van der Waals surface area (Å²) >= 11 is 1.18. The van der Waals surface area contributed by atoms with E-state index in [9.17, 15) is 14.4 Å². The molecule has 0 saturated heterocycles. The lowest BCUT2D eigenvalue weighted by Crippen LogP contribution is -2.25. The molecule has 0 aliphatic carbocycles. The third-order valence-electron chi connectivity index (χ3n) is 5.25. The molecule has 1 N–H and O–H groups in total. The highest BCUT2D eigenvalue weighted by Crippen LogP contribution is 2.31. The summed E-state index contributed by atoms with van der Waals surface area (Å²) in [5, 5.41) is 9.74. The van der Waals surface area contributed by atoms with E-state index in [2.05, 4.69) is 10.4 Å². The van der Waals surface area contributed by atoms with Crippen molar-refractivity contribution in [1.29, 1.82) is 0 Å². The van der Waals surface area contributed by atoms with Gasteiger partial charge < -0.3 is 14.8 Å². The van der Waals surface area contributed by atoms with Crippen LogP contribution >= 0.6 is 11.3 Å². The normalized spacial score (nSPS) is 10.8. The first-order valence-corrected chi connectivity index (χ1v) is 12.2. The van der Waals surface area contributed by atoms with Gasteiger partial charge in [-0.1, -0.05) is 30.3 Å². The number of fused-ring (bicyclic) bond motifs is 1. The van der Waals surface area contributed by atoms with Crippen LogP contribution in [0.4, 0.5) is 5.00 Å². The van der Waals surface area contributed by atoms with Crippen LogP contribution in [0.3, 0.4) is 0 Å². The number of carbonyl (C=O) groups excluding carboxylic acids is 2. The van der Waals surface area contributed by atoms with Crippen molar-refractivity contribution in [3.63, 3.8) is 0 Å². The monoisotopic (exact) mass is 491 g/mol. The number of benzene rings is 2. The number of esters is 1. The van der Waals surface area contributed by atoms with Crippen molar-refractivity contribution in [1.82, 2.24) is 9.78 Å². The predicted octanol–water partition coefficient (Wildman–Crippen LogP) is 4.59. The van der Waals surface area contributed by atoms with E-state index < -0.39 is 11.5 Å². The van der Waals surface area contributed by atoms with Gasteiger partial charge >= 0.3 is 5.97 Å². The topological polar surface area (TPSA) is 99.5 Å². The Balaban J connectivity index is 1.72. The zero-order valence-electron chi connectivity index (χ0n) is 19.4. The number of aryl methyl sites for hydroxylation is 1. The second kappa shape index (κ2) is 11.0. The van der Waals surface area contributed by atoms with Crippen LogP contribution in [0, 0.1) is 0 Å². The van der Waals surface area contributed by atoms with E-state index in [1.807, 2.05) is 37.3 Å². The lowest BCUT2D eigenvalue weighted by atomic mass is 10.1. The minimum absolute atomic E-state index is 0.0105. The summed E-state index contributed by atoms with van der Waals surface area (Å²) in [6.45, 7) is 4.26. The van der Waals surface area contributed by atoms with Crippen LogP contribution in [0.15, 0.2) is 64.8 Å². The molecule has 2 heterocycles. The van der Waals surface area contributed by atoms with E-state index in [0.717, 1.165) is 10.2 Å². The second-order valence-corrected chi connectivity index (χ2v) is 8.48. The molecule has 0 saturated carbocycles. The number of carbonyl (C=O) groups is 2.